The van der Waals surface area contributed by atoms with Gasteiger partial charge in [-0.05, 0) is 31.5 Å². The van der Waals surface area contributed by atoms with Crippen LogP contribution in [0.3, 0.4) is 0 Å². The van der Waals surface area contributed by atoms with Crippen LogP contribution in [0.15, 0.2) is 43.2 Å². The Kier molecular flexibility index (Phi) is 8.48. The molecule has 216 valence electrons. The van der Waals surface area contributed by atoms with Gasteiger partial charge in [-0.1, -0.05) is 19.6 Å². The number of Topliss-reactive ketones (excluding diaryl/α,β-unsaturated/α-hetero) is 1. The van der Waals surface area contributed by atoms with Crippen LogP contribution >= 0.6 is 0 Å². The maximum Gasteiger partial charge on any atom is 0.161 e. The number of rotatable bonds is 11. The number of aromatic nitrogens is 6. The van der Waals surface area contributed by atoms with Gasteiger partial charge in [0.15, 0.2) is 5.78 Å². The van der Waals surface area contributed by atoms with E-state index < -0.39 is 8.07 Å². The van der Waals surface area contributed by atoms with Crippen molar-refractivity contribution < 1.29 is 9.53 Å². The van der Waals surface area contributed by atoms with Crippen LogP contribution in [0.25, 0.3) is 22.3 Å². The van der Waals surface area contributed by atoms with Crippen molar-refractivity contribution in [1.82, 2.24) is 29.3 Å². The van der Waals surface area contributed by atoms with E-state index in [1.807, 2.05) is 32.6 Å². The number of ether oxygens (including phenoxy) is 1. The fourth-order valence-electron chi connectivity index (χ4n) is 5.48. The summed E-state index contributed by atoms with van der Waals surface area (Å²) in [7, 11) is -1.16. The summed E-state index contributed by atoms with van der Waals surface area (Å²) in [5.74, 6) is 0.453. The van der Waals surface area contributed by atoms with Crippen molar-refractivity contribution in [2.75, 3.05) is 24.6 Å². The molecule has 0 radical (unpaired) electrons. The Morgan fingerprint density at radius 3 is 2.79 bits per heavy atom. The molecule has 2 atom stereocenters. The Morgan fingerprint density at radius 2 is 2.05 bits per heavy atom. The number of hydrogen-bond acceptors (Lipinski definition) is 9. The molecule has 1 aliphatic rings. The standard InChI is InChI=1S/C30H35N9O2Si/c1-21(40)24-6-10-33-30(26(24)15-32)37-11-7-22(17-37)27(5-9-31)39-18-23(16-36-39)28-25-8-12-38(29(25)35-19-34-28)20-41-13-14-42(2,3)4/h6,8,10,12,16,18-19,22,27H,5,7,11,13-14,17,20H2,1-4H3/t22?,27-/m0/s1. The molecule has 0 aliphatic carbocycles. The lowest BCUT2D eigenvalue weighted by Gasteiger charge is -2.23. The van der Waals surface area contributed by atoms with Crippen molar-refractivity contribution in [3.63, 3.8) is 0 Å². The Morgan fingerprint density at radius 1 is 1.21 bits per heavy atom. The summed E-state index contributed by atoms with van der Waals surface area (Å²) >= 11 is 0. The number of carbonyl (C=O) groups excluding carboxylic acids is 1. The first-order valence-electron chi connectivity index (χ1n) is 14.1. The number of nitriles is 2. The summed E-state index contributed by atoms with van der Waals surface area (Å²) in [5.41, 5.74) is 3.10. The number of ketones is 1. The number of carbonyl (C=O) groups is 1. The van der Waals surface area contributed by atoms with Crippen molar-refractivity contribution >= 4 is 30.7 Å². The molecule has 1 aliphatic heterocycles. The zero-order chi connectivity index (χ0) is 29.9. The second-order valence-corrected chi connectivity index (χ2v) is 17.6. The Balaban J connectivity index is 1.35. The van der Waals surface area contributed by atoms with E-state index in [2.05, 4.69) is 51.8 Å². The third-order valence-corrected chi connectivity index (χ3v) is 9.49. The minimum absolute atomic E-state index is 0.103. The molecule has 0 bridgehead atoms. The van der Waals surface area contributed by atoms with E-state index >= 15 is 0 Å². The van der Waals surface area contributed by atoms with Crippen LogP contribution in [0.2, 0.25) is 25.7 Å². The highest BCUT2D eigenvalue weighted by molar-refractivity contribution is 6.76. The highest BCUT2D eigenvalue weighted by Gasteiger charge is 2.33. The number of nitrogens with zero attached hydrogens (tertiary/aromatic N) is 9. The lowest BCUT2D eigenvalue weighted by atomic mass is 9.96. The maximum absolute atomic E-state index is 12.1. The Labute approximate surface area is 246 Å². The first-order chi connectivity index (χ1) is 20.2. The first-order valence-corrected chi connectivity index (χ1v) is 17.8. The third-order valence-electron chi connectivity index (χ3n) is 7.79. The molecular formula is C30H35N9O2Si. The zero-order valence-corrected chi connectivity index (χ0v) is 25.5. The lowest BCUT2D eigenvalue weighted by Crippen LogP contribution is -2.26. The normalized spacial score (nSPS) is 16.0. The summed E-state index contributed by atoms with van der Waals surface area (Å²) in [6.07, 6.45) is 9.92. The highest BCUT2D eigenvalue weighted by Crippen LogP contribution is 2.35. The number of pyridine rings is 1. The van der Waals surface area contributed by atoms with E-state index in [4.69, 9.17) is 4.74 Å². The van der Waals surface area contributed by atoms with Crippen LogP contribution in [-0.4, -0.2) is 62.9 Å². The van der Waals surface area contributed by atoms with Gasteiger partial charge in [-0.2, -0.15) is 15.6 Å². The number of anilines is 1. The number of fused-ring (bicyclic) bond motifs is 1. The minimum Gasteiger partial charge on any atom is -0.361 e. The van der Waals surface area contributed by atoms with Crippen molar-refractivity contribution in [2.24, 2.45) is 5.92 Å². The predicted molar refractivity (Wildman–Crippen MR) is 161 cm³/mol. The average molecular weight is 582 g/mol. The molecular weight excluding hydrogens is 546 g/mol. The van der Waals surface area contributed by atoms with E-state index in [0.717, 1.165) is 41.4 Å². The minimum atomic E-state index is -1.16. The topological polar surface area (TPSA) is 139 Å². The molecule has 0 saturated carbocycles. The van der Waals surface area contributed by atoms with Gasteiger partial charge < -0.3 is 14.2 Å². The van der Waals surface area contributed by atoms with Crippen molar-refractivity contribution in [3.8, 4) is 23.4 Å². The van der Waals surface area contributed by atoms with Gasteiger partial charge in [-0.25, -0.2) is 15.0 Å². The van der Waals surface area contributed by atoms with E-state index in [1.165, 1.54) is 6.92 Å². The van der Waals surface area contributed by atoms with Crippen LogP contribution in [0.1, 0.15) is 41.7 Å². The summed E-state index contributed by atoms with van der Waals surface area (Å²) < 4.78 is 9.80. The van der Waals surface area contributed by atoms with Crippen LogP contribution < -0.4 is 4.90 Å². The van der Waals surface area contributed by atoms with Gasteiger partial charge in [0.25, 0.3) is 0 Å². The zero-order valence-electron chi connectivity index (χ0n) is 24.5. The van der Waals surface area contributed by atoms with E-state index in [9.17, 15) is 15.3 Å². The summed E-state index contributed by atoms with van der Waals surface area (Å²) in [4.78, 5) is 27.6. The second kappa shape index (κ2) is 12.2. The summed E-state index contributed by atoms with van der Waals surface area (Å²) in [6.45, 7) is 10.9. The van der Waals surface area contributed by atoms with Gasteiger partial charge in [0.2, 0.25) is 0 Å². The molecule has 0 spiro atoms. The molecule has 0 aromatic carbocycles. The molecule has 0 N–H and O–H groups in total. The fraction of sp³-hybridized carbons (Fsp3) is 0.433. The smallest absolute Gasteiger partial charge is 0.161 e. The molecule has 1 fully saturated rings. The van der Waals surface area contributed by atoms with Crippen LogP contribution in [0.5, 0.6) is 0 Å². The van der Waals surface area contributed by atoms with Crippen molar-refractivity contribution in [2.45, 2.75) is 58.2 Å². The summed E-state index contributed by atoms with van der Waals surface area (Å²) in [5, 5.41) is 25.0. The van der Waals surface area contributed by atoms with Gasteiger partial charge in [0.1, 0.15) is 36.2 Å². The summed E-state index contributed by atoms with van der Waals surface area (Å²) in [6, 6.07) is 9.02. The quantitative estimate of drug-likeness (QED) is 0.135. The highest BCUT2D eigenvalue weighted by atomic mass is 28.3. The second-order valence-electron chi connectivity index (χ2n) is 12.0. The fourth-order valence-corrected chi connectivity index (χ4v) is 6.24. The lowest BCUT2D eigenvalue weighted by molar-refractivity contribution is 0.0899. The van der Waals surface area contributed by atoms with Gasteiger partial charge in [-0.15, -0.1) is 0 Å². The van der Waals surface area contributed by atoms with Gasteiger partial charge in [0.05, 0.1) is 30.4 Å². The van der Waals surface area contributed by atoms with Crippen LogP contribution in [-0.2, 0) is 11.5 Å². The molecule has 1 saturated heterocycles. The van der Waals surface area contributed by atoms with Crippen LogP contribution in [0.4, 0.5) is 5.82 Å². The van der Waals surface area contributed by atoms with E-state index in [-0.39, 0.29) is 24.2 Å². The van der Waals surface area contributed by atoms with Gasteiger partial charge >= 0.3 is 0 Å². The molecule has 5 rings (SSSR count). The van der Waals surface area contributed by atoms with Crippen molar-refractivity contribution in [3.05, 3.63) is 54.4 Å². The molecule has 42 heavy (non-hydrogen) atoms. The number of hydrogen-bond donors (Lipinski definition) is 0. The Hall–Kier alpha value is -4.39. The molecule has 11 nitrogen and oxygen atoms in total. The van der Waals surface area contributed by atoms with Gasteiger partial charge in [-0.3, -0.25) is 9.48 Å². The Bertz CT molecular complexity index is 1670. The molecule has 1 unspecified atom stereocenters. The van der Waals surface area contributed by atoms with Crippen molar-refractivity contribution in [1.29, 1.82) is 10.5 Å². The molecule has 4 aromatic heterocycles. The molecule has 5 heterocycles. The molecule has 0 amide bonds. The van der Waals surface area contributed by atoms with E-state index in [1.54, 1.807) is 24.8 Å². The van der Waals surface area contributed by atoms with E-state index in [0.29, 0.717) is 36.8 Å². The maximum atomic E-state index is 12.1. The van der Waals surface area contributed by atoms with Gasteiger partial charge in [0, 0.05) is 68.8 Å². The third kappa shape index (κ3) is 6.10. The molecule has 4 aromatic rings. The first kappa shape index (κ1) is 29.1. The largest absolute Gasteiger partial charge is 0.361 e. The average Bonchev–Trinajstić information content (AvgIpc) is 3.73. The predicted octanol–water partition coefficient (Wildman–Crippen LogP) is 5.06. The monoisotopic (exact) mass is 581 g/mol. The molecule has 12 heteroatoms. The SMILES string of the molecule is CC(=O)c1ccnc(N2CCC([C@H](CC#N)n3cc(-c4ncnc5c4ccn5COCC[Si](C)(C)C)cn3)C2)c1C#N. The van der Waals surface area contributed by atoms with Crippen LogP contribution in [0, 0.1) is 28.6 Å².